The molecule has 22 heavy (non-hydrogen) atoms. The standard InChI is InChI=1S/C17H16N2O2S/c1-11-6-7-14-15(8-11)22-17(18-14)19-16(20)13-5-3-4-12(9-13)10-21-2/h3-9H,10H2,1-2H3,(H,18,19,20). The first-order chi connectivity index (χ1) is 10.7. The van der Waals surface area contributed by atoms with Crippen molar-refractivity contribution in [3.63, 3.8) is 0 Å². The Hall–Kier alpha value is -2.24. The van der Waals surface area contributed by atoms with Gasteiger partial charge < -0.3 is 4.74 Å². The smallest absolute Gasteiger partial charge is 0.257 e. The summed E-state index contributed by atoms with van der Waals surface area (Å²) in [6.45, 7) is 2.53. The summed E-state index contributed by atoms with van der Waals surface area (Å²) in [6.07, 6.45) is 0. The number of methoxy groups -OCH3 is 1. The van der Waals surface area contributed by atoms with Crippen LogP contribution in [0.4, 0.5) is 5.13 Å². The van der Waals surface area contributed by atoms with Crippen molar-refractivity contribution in [1.29, 1.82) is 0 Å². The fourth-order valence-electron chi connectivity index (χ4n) is 2.22. The van der Waals surface area contributed by atoms with Crippen LogP contribution in [0.3, 0.4) is 0 Å². The van der Waals surface area contributed by atoms with Crippen molar-refractivity contribution in [2.24, 2.45) is 0 Å². The molecule has 0 fully saturated rings. The normalized spacial score (nSPS) is 10.8. The van der Waals surface area contributed by atoms with Crippen LogP contribution in [-0.2, 0) is 11.3 Å². The van der Waals surface area contributed by atoms with Crippen LogP contribution in [0.25, 0.3) is 10.2 Å². The number of thiazole rings is 1. The summed E-state index contributed by atoms with van der Waals surface area (Å²) in [5.74, 6) is -0.159. The maximum atomic E-state index is 12.3. The van der Waals surface area contributed by atoms with Gasteiger partial charge in [0.1, 0.15) is 0 Å². The van der Waals surface area contributed by atoms with Crippen LogP contribution in [0.1, 0.15) is 21.5 Å². The molecule has 4 nitrogen and oxygen atoms in total. The molecule has 3 aromatic rings. The molecule has 0 radical (unpaired) electrons. The second-order valence-corrected chi connectivity index (χ2v) is 6.11. The molecule has 0 aliphatic carbocycles. The van der Waals surface area contributed by atoms with Gasteiger partial charge >= 0.3 is 0 Å². The van der Waals surface area contributed by atoms with Gasteiger partial charge in [-0.2, -0.15) is 0 Å². The van der Waals surface area contributed by atoms with Gasteiger partial charge in [0.25, 0.3) is 5.91 Å². The number of nitrogens with zero attached hydrogens (tertiary/aromatic N) is 1. The van der Waals surface area contributed by atoms with Crippen molar-refractivity contribution in [3.8, 4) is 0 Å². The van der Waals surface area contributed by atoms with E-state index < -0.39 is 0 Å². The van der Waals surface area contributed by atoms with Crippen molar-refractivity contribution in [2.75, 3.05) is 12.4 Å². The Morgan fingerprint density at radius 3 is 2.95 bits per heavy atom. The molecule has 1 amide bonds. The lowest BCUT2D eigenvalue weighted by Gasteiger charge is -2.04. The van der Waals surface area contributed by atoms with Crippen molar-refractivity contribution in [1.82, 2.24) is 4.98 Å². The molecule has 3 rings (SSSR count). The third-order valence-corrected chi connectivity index (χ3v) is 4.20. The molecule has 112 valence electrons. The molecule has 0 aliphatic rings. The zero-order valence-corrected chi connectivity index (χ0v) is 13.2. The van der Waals surface area contributed by atoms with E-state index in [0.29, 0.717) is 17.3 Å². The third kappa shape index (κ3) is 3.16. The van der Waals surface area contributed by atoms with Crippen molar-refractivity contribution in [3.05, 3.63) is 59.2 Å². The Morgan fingerprint density at radius 1 is 1.27 bits per heavy atom. The quantitative estimate of drug-likeness (QED) is 0.792. The number of carbonyl (C=O) groups excluding carboxylic acids is 1. The summed E-state index contributed by atoms with van der Waals surface area (Å²) in [5.41, 5.74) is 3.65. The van der Waals surface area contributed by atoms with Crippen LogP contribution in [0.15, 0.2) is 42.5 Å². The zero-order chi connectivity index (χ0) is 15.5. The molecular weight excluding hydrogens is 296 g/mol. The largest absolute Gasteiger partial charge is 0.380 e. The number of rotatable bonds is 4. The summed E-state index contributed by atoms with van der Waals surface area (Å²) in [6, 6.07) is 13.5. The lowest BCUT2D eigenvalue weighted by atomic mass is 10.1. The van der Waals surface area contributed by atoms with E-state index in [1.807, 2.05) is 37.3 Å². The van der Waals surface area contributed by atoms with Gasteiger partial charge in [0.15, 0.2) is 5.13 Å². The van der Waals surface area contributed by atoms with Crippen LogP contribution in [-0.4, -0.2) is 18.0 Å². The van der Waals surface area contributed by atoms with Crippen molar-refractivity contribution in [2.45, 2.75) is 13.5 Å². The molecule has 0 atom stereocenters. The van der Waals surface area contributed by atoms with E-state index in [0.717, 1.165) is 15.8 Å². The number of nitrogens with one attached hydrogen (secondary N) is 1. The van der Waals surface area contributed by atoms with Crippen molar-refractivity contribution >= 4 is 32.6 Å². The number of aryl methyl sites for hydroxylation is 1. The minimum absolute atomic E-state index is 0.159. The van der Waals surface area contributed by atoms with Crippen LogP contribution in [0, 0.1) is 6.92 Å². The predicted molar refractivity (Wildman–Crippen MR) is 89.5 cm³/mol. The molecule has 1 N–H and O–H groups in total. The van der Waals surface area contributed by atoms with Gasteiger partial charge in [-0.25, -0.2) is 4.98 Å². The zero-order valence-electron chi connectivity index (χ0n) is 12.4. The summed E-state index contributed by atoms with van der Waals surface area (Å²) in [4.78, 5) is 16.8. The predicted octanol–water partition coefficient (Wildman–Crippen LogP) is 4.00. The number of fused-ring (bicyclic) bond motifs is 1. The van der Waals surface area contributed by atoms with E-state index in [2.05, 4.69) is 16.4 Å². The van der Waals surface area contributed by atoms with Gasteiger partial charge in [0.05, 0.1) is 16.8 Å². The molecule has 0 bridgehead atoms. The van der Waals surface area contributed by atoms with E-state index >= 15 is 0 Å². The highest BCUT2D eigenvalue weighted by molar-refractivity contribution is 7.22. The molecule has 1 heterocycles. The van der Waals surface area contributed by atoms with Crippen LogP contribution < -0.4 is 5.32 Å². The topological polar surface area (TPSA) is 51.2 Å². The minimum Gasteiger partial charge on any atom is -0.380 e. The number of anilines is 1. The van der Waals surface area contributed by atoms with Crippen LogP contribution in [0.5, 0.6) is 0 Å². The van der Waals surface area contributed by atoms with E-state index in [1.54, 1.807) is 13.2 Å². The number of hydrogen-bond acceptors (Lipinski definition) is 4. The Bertz CT molecular complexity index is 826. The average molecular weight is 312 g/mol. The summed E-state index contributed by atoms with van der Waals surface area (Å²) >= 11 is 1.48. The monoisotopic (exact) mass is 312 g/mol. The molecule has 0 aliphatic heterocycles. The SMILES string of the molecule is COCc1cccc(C(=O)Nc2nc3ccc(C)cc3s2)c1. The van der Waals surface area contributed by atoms with E-state index in [-0.39, 0.29) is 5.91 Å². The Balaban J connectivity index is 1.81. The summed E-state index contributed by atoms with van der Waals surface area (Å²) in [7, 11) is 1.63. The van der Waals surface area contributed by atoms with Gasteiger partial charge in [-0.05, 0) is 42.3 Å². The van der Waals surface area contributed by atoms with Gasteiger partial charge in [-0.1, -0.05) is 29.5 Å². The first kappa shape index (κ1) is 14.7. The number of hydrogen-bond donors (Lipinski definition) is 1. The first-order valence-electron chi connectivity index (χ1n) is 6.92. The fraction of sp³-hybridized carbons (Fsp3) is 0.176. The van der Waals surface area contributed by atoms with E-state index in [1.165, 1.54) is 16.9 Å². The minimum atomic E-state index is -0.159. The van der Waals surface area contributed by atoms with Gasteiger partial charge in [0.2, 0.25) is 0 Å². The third-order valence-electron chi connectivity index (χ3n) is 3.26. The average Bonchev–Trinajstić information content (AvgIpc) is 2.89. The molecule has 1 aromatic heterocycles. The number of amides is 1. The lowest BCUT2D eigenvalue weighted by Crippen LogP contribution is -2.11. The highest BCUT2D eigenvalue weighted by atomic mass is 32.1. The van der Waals surface area contributed by atoms with E-state index in [4.69, 9.17) is 4.74 Å². The second-order valence-electron chi connectivity index (χ2n) is 5.08. The Morgan fingerprint density at radius 2 is 2.14 bits per heavy atom. The fourth-order valence-corrected chi connectivity index (χ4v) is 3.18. The number of carbonyl (C=O) groups is 1. The molecule has 2 aromatic carbocycles. The highest BCUT2D eigenvalue weighted by Gasteiger charge is 2.10. The van der Waals surface area contributed by atoms with Gasteiger partial charge in [0, 0.05) is 12.7 Å². The highest BCUT2D eigenvalue weighted by Crippen LogP contribution is 2.27. The maximum absolute atomic E-state index is 12.3. The number of ether oxygens (including phenoxy) is 1. The van der Waals surface area contributed by atoms with Crippen molar-refractivity contribution < 1.29 is 9.53 Å². The summed E-state index contributed by atoms with van der Waals surface area (Å²) < 4.78 is 6.16. The number of aromatic nitrogens is 1. The first-order valence-corrected chi connectivity index (χ1v) is 7.74. The summed E-state index contributed by atoms with van der Waals surface area (Å²) in [5, 5.41) is 3.48. The second kappa shape index (κ2) is 6.25. The lowest BCUT2D eigenvalue weighted by molar-refractivity contribution is 0.102. The maximum Gasteiger partial charge on any atom is 0.257 e. The molecular formula is C17H16N2O2S. The van der Waals surface area contributed by atoms with Gasteiger partial charge in [-0.15, -0.1) is 0 Å². The van der Waals surface area contributed by atoms with E-state index in [9.17, 15) is 4.79 Å². The van der Waals surface area contributed by atoms with Crippen LogP contribution in [0.2, 0.25) is 0 Å². The molecule has 0 spiro atoms. The van der Waals surface area contributed by atoms with Gasteiger partial charge in [-0.3, -0.25) is 10.1 Å². The molecule has 0 unspecified atom stereocenters. The molecule has 5 heteroatoms. The molecule has 0 saturated carbocycles. The van der Waals surface area contributed by atoms with Crippen LogP contribution >= 0.6 is 11.3 Å². The molecule has 0 saturated heterocycles. The Labute approximate surface area is 132 Å². The number of benzene rings is 2. The Kier molecular flexibility index (Phi) is 4.18.